The topological polar surface area (TPSA) is 30.3 Å². The van der Waals surface area contributed by atoms with E-state index in [1.54, 1.807) is 0 Å². The van der Waals surface area contributed by atoms with Crippen LogP contribution in [-0.2, 0) is 0 Å². The van der Waals surface area contributed by atoms with Gasteiger partial charge in [-0.2, -0.15) is 5.26 Å². The lowest BCUT2D eigenvalue weighted by Gasteiger charge is -2.32. The van der Waals surface area contributed by atoms with Crippen LogP contribution in [0.5, 0.6) is 0 Å². The molecule has 3 heteroatoms. The Bertz CT molecular complexity index is 240. The first-order chi connectivity index (χ1) is 7.31. The van der Waals surface area contributed by atoms with Crippen molar-refractivity contribution in [3.63, 3.8) is 0 Å². The molecule has 0 bridgehead atoms. The van der Waals surface area contributed by atoms with Crippen molar-refractivity contribution in [3.8, 4) is 6.07 Å². The maximum atomic E-state index is 8.89. The number of likely N-dealkylation sites (tertiary alicyclic amines) is 2. The summed E-state index contributed by atoms with van der Waals surface area (Å²) in [7, 11) is 0. The van der Waals surface area contributed by atoms with Crippen LogP contribution in [-0.4, -0.2) is 48.1 Å². The zero-order valence-electron chi connectivity index (χ0n) is 9.65. The first-order valence-electron chi connectivity index (χ1n) is 6.19. The summed E-state index contributed by atoms with van der Waals surface area (Å²) >= 11 is 0. The predicted octanol–water partition coefficient (Wildman–Crippen LogP) is 1.46. The summed E-state index contributed by atoms with van der Waals surface area (Å²) in [5.74, 6) is 0. The van der Waals surface area contributed by atoms with Gasteiger partial charge in [0.2, 0.25) is 0 Å². The van der Waals surface area contributed by atoms with Gasteiger partial charge in [0.05, 0.1) is 12.1 Å². The van der Waals surface area contributed by atoms with Crippen molar-refractivity contribution >= 4 is 0 Å². The Labute approximate surface area is 92.7 Å². The molecule has 2 aliphatic rings. The van der Waals surface area contributed by atoms with Gasteiger partial charge in [0, 0.05) is 19.1 Å². The van der Waals surface area contributed by atoms with E-state index in [4.69, 9.17) is 5.26 Å². The summed E-state index contributed by atoms with van der Waals surface area (Å²) in [6.45, 7) is 6.78. The molecule has 0 aromatic carbocycles. The number of hydrogen-bond acceptors (Lipinski definition) is 3. The summed E-state index contributed by atoms with van der Waals surface area (Å²) < 4.78 is 0. The molecule has 0 amide bonds. The summed E-state index contributed by atoms with van der Waals surface area (Å²) in [5.41, 5.74) is 0. The molecular weight excluding hydrogens is 186 g/mol. The Morgan fingerprint density at radius 2 is 1.93 bits per heavy atom. The van der Waals surface area contributed by atoms with Crippen LogP contribution < -0.4 is 0 Å². The number of nitriles is 1. The standard InChI is InChI=1S/C12H21N3/c1-11(9-13)15-8-5-12(10-15)14-6-3-2-4-7-14/h11-12H,2-8,10H2,1H3. The van der Waals surface area contributed by atoms with Crippen molar-refractivity contribution in [2.45, 2.75) is 44.7 Å². The van der Waals surface area contributed by atoms with Gasteiger partial charge < -0.3 is 0 Å². The molecule has 2 atom stereocenters. The van der Waals surface area contributed by atoms with Gasteiger partial charge in [-0.1, -0.05) is 6.42 Å². The van der Waals surface area contributed by atoms with Crippen molar-refractivity contribution < 1.29 is 0 Å². The number of piperidine rings is 1. The van der Waals surface area contributed by atoms with Crippen LogP contribution in [0.1, 0.15) is 32.6 Å². The molecule has 0 aliphatic carbocycles. The molecule has 3 nitrogen and oxygen atoms in total. The highest BCUT2D eigenvalue weighted by atomic mass is 15.3. The quantitative estimate of drug-likeness (QED) is 0.686. The molecule has 15 heavy (non-hydrogen) atoms. The van der Waals surface area contributed by atoms with Gasteiger partial charge in [0.25, 0.3) is 0 Å². The Morgan fingerprint density at radius 1 is 1.20 bits per heavy atom. The molecule has 2 saturated heterocycles. The highest BCUT2D eigenvalue weighted by molar-refractivity contribution is 4.94. The second kappa shape index (κ2) is 4.96. The third kappa shape index (κ3) is 2.50. The van der Waals surface area contributed by atoms with E-state index < -0.39 is 0 Å². The molecule has 0 saturated carbocycles. The fourth-order valence-electron chi connectivity index (χ4n) is 2.78. The Hall–Kier alpha value is -0.590. The van der Waals surface area contributed by atoms with E-state index in [-0.39, 0.29) is 6.04 Å². The van der Waals surface area contributed by atoms with E-state index in [1.807, 2.05) is 6.92 Å². The maximum Gasteiger partial charge on any atom is 0.0949 e. The predicted molar refractivity (Wildman–Crippen MR) is 60.5 cm³/mol. The lowest BCUT2D eigenvalue weighted by Crippen LogP contribution is -2.41. The van der Waals surface area contributed by atoms with E-state index >= 15 is 0 Å². The minimum atomic E-state index is 0.0970. The summed E-state index contributed by atoms with van der Waals surface area (Å²) in [6, 6.07) is 3.16. The number of rotatable bonds is 2. The lowest BCUT2D eigenvalue weighted by atomic mass is 10.1. The SMILES string of the molecule is CC(C#N)N1CCC(N2CCCCC2)C1. The molecule has 0 aromatic heterocycles. The van der Waals surface area contributed by atoms with Gasteiger partial charge in [-0.15, -0.1) is 0 Å². The fraction of sp³-hybridized carbons (Fsp3) is 0.917. The molecule has 84 valence electrons. The van der Waals surface area contributed by atoms with E-state index in [1.165, 1.54) is 38.8 Å². The van der Waals surface area contributed by atoms with Crippen LogP contribution in [0.2, 0.25) is 0 Å². The molecule has 2 unspecified atom stereocenters. The Kier molecular flexibility index (Phi) is 3.61. The van der Waals surface area contributed by atoms with Crippen molar-refractivity contribution in [2.24, 2.45) is 0 Å². The van der Waals surface area contributed by atoms with Crippen LogP contribution in [0.3, 0.4) is 0 Å². The molecule has 2 fully saturated rings. The zero-order chi connectivity index (χ0) is 10.7. The molecule has 2 rings (SSSR count). The smallest absolute Gasteiger partial charge is 0.0949 e. The summed E-state index contributed by atoms with van der Waals surface area (Å²) in [4.78, 5) is 4.95. The number of nitrogens with zero attached hydrogens (tertiary/aromatic N) is 3. The lowest BCUT2D eigenvalue weighted by molar-refractivity contribution is 0.159. The van der Waals surface area contributed by atoms with Gasteiger partial charge in [0.15, 0.2) is 0 Å². The normalized spacial score (nSPS) is 31.3. The number of hydrogen-bond donors (Lipinski definition) is 0. The minimum Gasteiger partial charge on any atom is -0.299 e. The third-order valence-electron chi connectivity index (χ3n) is 3.84. The largest absolute Gasteiger partial charge is 0.299 e. The van der Waals surface area contributed by atoms with Gasteiger partial charge in [0.1, 0.15) is 0 Å². The van der Waals surface area contributed by atoms with Crippen LogP contribution in [0.25, 0.3) is 0 Å². The molecule has 0 aromatic rings. The average molecular weight is 207 g/mol. The second-order valence-corrected chi connectivity index (χ2v) is 4.84. The van der Waals surface area contributed by atoms with Gasteiger partial charge in [-0.25, -0.2) is 0 Å². The molecular formula is C12H21N3. The Balaban J connectivity index is 1.84. The van der Waals surface area contributed by atoms with Crippen LogP contribution in [0.15, 0.2) is 0 Å². The van der Waals surface area contributed by atoms with Crippen molar-refractivity contribution in [1.82, 2.24) is 9.80 Å². The molecule has 0 spiro atoms. The van der Waals surface area contributed by atoms with Crippen molar-refractivity contribution in [1.29, 1.82) is 5.26 Å². The Morgan fingerprint density at radius 3 is 2.60 bits per heavy atom. The summed E-state index contributed by atoms with van der Waals surface area (Å²) in [5, 5.41) is 8.89. The van der Waals surface area contributed by atoms with E-state index in [0.29, 0.717) is 0 Å². The van der Waals surface area contributed by atoms with Gasteiger partial charge in [-0.3, -0.25) is 9.80 Å². The molecule has 0 radical (unpaired) electrons. The average Bonchev–Trinajstić information content (AvgIpc) is 2.78. The van der Waals surface area contributed by atoms with Gasteiger partial charge >= 0.3 is 0 Å². The van der Waals surface area contributed by atoms with Crippen LogP contribution >= 0.6 is 0 Å². The van der Waals surface area contributed by atoms with E-state index in [9.17, 15) is 0 Å². The van der Waals surface area contributed by atoms with E-state index in [2.05, 4.69) is 15.9 Å². The highest BCUT2D eigenvalue weighted by Crippen LogP contribution is 2.21. The monoisotopic (exact) mass is 207 g/mol. The highest BCUT2D eigenvalue weighted by Gasteiger charge is 2.30. The van der Waals surface area contributed by atoms with Gasteiger partial charge in [-0.05, 0) is 39.3 Å². The summed E-state index contributed by atoms with van der Waals surface area (Å²) in [6.07, 6.45) is 5.39. The third-order valence-corrected chi connectivity index (χ3v) is 3.84. The van der Waals surface area contributed by atoms with Crippen LogP contribution in [0.4, 0.5) is 0 Å². The fourth-order valence-corrected chi connectivity index (χ4v) is 2.78. The first kappa shape index (κ1) is 10.9. The van der Waals surface area contributed by atoms with Crippen molar-refractivity contribution in [2.75, 3.05) is 26.2 Å². The zero-order valence-corrected chi connectivity index (χ0v) is 9.65. The molecule has 0 N–H and O–H groups in total. The van der Waals surface area contributed by atoms with Crippen LogP contribution in [0, 0.1) is 11.3 Å². The van der Waals surface area contributed by atoms with Crippen molar-refractivity contribution in [3.05, 3.63) is 0 Å². The maximum absolute atomic E-state index is 8.89. The first-order valence-corrected chi connectivity index (χ1v) is 6.19. The minimum absolute atomic E-state index is 0.0970. The molecule has 2 aliphatic heterocycles. The molecule has 2 heterocycles. The van der Waals surface area contributed by atoms with E-state index in [0.717, 1.165) is 19.1 Å². The second-order valence-electron chi connectivity index (χ2n) is 4.84.